The molecule has 0 bridgehead atoms. The van der Waals surface area contributed by atoms with Gasteiger partial charge in [0.2, 0.25) is 5.13 Å². The van der Waals surface area contributed by atoms with Crippen LogP contribution in [-0.4, -0.2) is 30.3 Å². The summed E-state index contributed by atoms with van der Waals surface area (Å²) >= 11 is 2.89. The maximum absolute atomic E-state index is 12.4. The zero-order valence-corrected chi connectivity index (χ0v) is 15.9. The molecule has 26 heavy (non-hydrogen) atoms. The van der Waals surface area contributed by atoms with Crippen LogP contribution in [0.3, 0.4) is 0 Å². The van der Waals surface area contributed by atoms with Gasteiger partial charge in [-0.05, 0) is 29.8 Å². The van der Waals surface area contributed by atoms with Gasteiger partial charge < -0.3 is 9.47 Å². The van der Waals surface area contributed by atoms with Gasteiger partial charge in [-0.3, -0.25) is 10.1 Å². The van der Waals surface area contributed by atoms with Crippen LogP contribution in [0.2, 0.25) is 0 Å². The lowest BCUT2D eigenvalue weighted by molar-refractivity contribution is 0.102. The van der Waals surface area contributed by atoms with Crippen molar-refractivity contribution in [2.75, 3.05) is 19.5 Å². The topological polar surface area (TPSA) is 73.3 Å². The van der Waals surface area contributed by atoms with Gasteiger partial charge in [0.25, 0.3) is 5.91 Å². The van der Waals surface area contributed by atoms with Gasteiger partial charge >= 0.3 is 0 Å². The van der Waals surface area contributed by atoms with Crippen LogP contribution in [0.4, 0.5) is 5.13 Å². The lowest BCUT2D eigenvalue weighted by atomic mass is 10.2. The molecule has 3 aromatic rings. The van der Waals surface area contributed by atoms with E-state index in [0.29, 0.717) is 16.4 Å². The second-order valence-electron chi connectivity index (χ2n) is 5.17. The third-order valence-corrected chi connectivity index (χ3v) is 5.52. The first-order valence-electron chi connectivity index (χ1n) is 7.73. The lowest BCUT2D eigenvalue weighted by Crippen LogP contribution is -2.12. The van der Waals surface area contributed by atoms with Crippen molar-refractivity contribution in [1.82, 2.24) is 10.2 Å². The minimum absolute atomic E-state index is 0.275. The lowest BCUT2D eigenvalue weighted by Gasteiger charge is -2.06. The first kappa shape index (κ1) is 18.2. The molecule has 8 heteroatoms. The van der Waals surface area contributed by atoms with Crippen molar-refractivity contribution in [2.24, 2.45) is 0 Å². The molecule has 3 rings (SSSR count). The van der Waals surface area contributed by atoms with E-state index in [9.17, 15) is 4.79 Å². The quantitative estimate of drug-likeness (QED) is 0.486. The highest BCUT2D eigenvalue weighted by molar-refractivity contribution is 8.00. The zero-order chi connectivity index (χ0) is 18.4. The Morgan fingerprint density at radius 3 is 2.77 bits per heavy atom. The average Bonchev–Trinajstić information content (AvgIpc) is 3.13. The van der Waals surface area contributed by atoms with Crippen LogP contribution >= 0.6 is 23.1 Å². The van der Waals surface area contributed by atoms with E-state index >= 15 is 0 Å². The summed E-state index contributed by atoms with van der Waals surface area (Å²) in [6.45, 7) is 0. The van der Waals surface area contributed by atoms with Gasteiger partial charge in [-0.25, -0.2) is 0 Å². The molecule has 1 N–H and O–H groups in total. The summed E-state index contributed by atoms with van der Waals surface area (Å²) in [7, 11) is 3.18. The molecule has 1 aromatic heterocycles. The molecule has 0 fully saturated rings. The SMILES string of the molecule is COc1cccc(CSc2nnc(NC(=O)c3ccccc3OC)s2)c1. The normalized spacial score (nSPS) is 10.4. The first-order chi connectivity index (χ1) is 12.7. The molecule has 0 saturated heterocycles. The monoisotopic (exact) mass is 387 g/mol. The van der Waals surface area contributed by atoms with Crippen molar-refractivity contribution in [3.05, 3.63) is 59.7 Å². The summed E-state index contributed by atoms with van der Waals surface area (Å²) in [5, 5.41) is 11.4. The minimum Gasteiger partial charge on any atom is -0.497 e. The van der Waals surface area contributed by atoms with E-state index < -0.39 is 0 Å². The van der Waals surface area contributed by atoms with Crippen LogP contribution in [-0.2, 0) is 5.75 Å². The van der Waals surface area contributed by atoms with Gasteiger partial charge in [-0.2, -0.15) is 0 Å². The van der Waals surface area contributed by atoms with Crippen LogP contribution in [0.25, 0.3) is 0 Å². The highest BCUT2D eigenvalue weighted by Crippen LogP contribution is 2.29. The van der Waals surface area contributed by atoms with Crippen LogP contribution in [0.5, 0.6) is 11.5 Å². The average molecular weight is 387 g/mol. The Bertz CT molecular complexity index is 899. The predicted octanol–water partition coefficient (Wildman–Crippen LogP) is 4.10. The number of anilines is 1. The van der Waals surface area contributed by atoms with Crippen molar-refractivity contribution in [3.8, 4) is 11.5 Å². The highest BCUT2D eigenvalue weighted by Gasteiger charge is 2.14. The second-order valence-corrected chi connectivity index (χ2v) is 7.37. The number of ether oxygens (including phenoxy) is 2. The predicted molar refractivity (Wildman–Crippen MR) is 103 cm³/mol. The van der Waals surface area contributed by atoms with Gasteiger partial charge in [-0.15, -0.1) is 10.2 Å². The molecular weight excluding hydrogens is 370 g/mol. The molecule has 0 aliphatic heterocycles. The van der Waals surface area contributed by atoms with Crippen LogP contribution in [0.15, 0.2) is 52.9 Å². The molecular formula is C18H17N3O3S2. The molecule has 0 aliphatic carbocycles. The van der Waals surface area contributed by atoms with Crippen molar-refractivity contribution < 1.29 is 14.3 Å². The van der Waals surface area contributed by atoms with Gasteiger partial charge in [0.05, 0.1) is 19.8 Å². The summed E-state index contributed by atoms with van der Waals surface area (Å²) in [5.74, 6) is 1.81. The summed E-state index contributed by atoms with van der Waals surface area (Å²) in [6.07, 6.45) is 0. The van der Waals surface area contributed by atoms with E-state index in [0.717, 1.165) is 21.4 Å². The molecule has 0 saturated carbocycles. The van der Waals surface area contributed by atoms with E-state index in [-0.39, 0.29) is 5.91 Å². The number of carbonyl (C=O) groups is 1. The fourth-order valence-corrected chi connectivity index (χ4v) is 3.91. The molecule has 1 heterocycles. The number of hydrogen-bond acceptors (Lipinski definition) is 7. The molecule has 0 spiro atoms. The molecule has 0 atom stereocenters. The zero-order valence-electron chi connectivity index (χ0n) is 14.3. The fourth-order valence-electron chi connectivity index (χ4n) is 2.22. The van der Waals surface area contributed by atoms with Gasteiger partial charge in [-0.1, -0.05) is 47.4 Å². The Morgan fingerprint density at radius 2 is 1.96 bits per heavy atom. The van der Waals surface area contributed by atoms with Crippen LogP contribution in [0.1, 0.15) is 15.9 Å². The van der Waals surface area contributed by atoms with Gasteiger partial charge in [0, 0.05) is 5.75 Å². The molecule has 0 radical (unpaired) electrons. The number of carbonyl (C=O) groups excluding carboxylic acids is 1. The number of thioether (sulfide) groups is 1. The Labute approximate surface area is 159 Å². The molecule has 2 aromatic carbocycles. The van der Waals surface area contributed by atoms with Crippen molar-refractivity contribution >= 4 is 34.1 Å². The molecule has 6 nitrogen and oxygen atoms in total. The Balaban J connectivity index is 1.61. The van der Waals surface area contributed by atoms with Gasteiger partial charge in [0.15, 0.2) is 4.34 Å². The number of rotatable bonds is 7. The minimum atomic E-state index is -0.275. The number of aromatic nitrogens is 2. The molecule has 1 amide bonds. The maximum Gasteiger partial charge on any atom is 0.261 e. The van der Waals surface area contributed by atoms with E-state index in [2.05, 4.69) is 15.5 Å². The van der Waals surface area contributed by atoms with Crippen LogP contribution in [0, 0.1) is 0 Å². The summed E-state index contributed by atoms with van der Waals surface area (Å²) < 4.78 is 11.2. The molecule has 0 unspecified atom stereocenters. The largest absolute Gasteiger partial charge is 0.497 e. The van der Waals surface area contributed by atoms with E-state index in [1.165, 1.54) is 18.4 Å². The summed E-state index contributed by atoms with van der Waals surface area (Å²) in [4.78, 5) is 12.4. The molecule has 134 valence electrons. The highest BCUT2D eigenvalue weighted by atomic mass is 32.2. The maximum atomic E-state index is 12.4. The first-order valence-corrected chi connectivity index (χ1v) is 9.53. The number of nitrogens with one attached hydrogen (secondary N) is 1. The summed E-state index contributed by atoms with van der Waals surface area (Å²) in [6, 6.07) is 14.9. The third-order valence-electron chi connectivity index (χ3n) is 3.47. The number of nitrogens with zero attached hydrogens (tertiary/aromatic N) is 2. The van der Waals surface area contributed by atoms with E-state index in [1.54, 1.807) is 37.1 Å². The Kier molecular flexibility index (Phi) is 6.08. The number of benzene rings is 2. The van der Waals surface area contributed by atoms with E-state index in [4.69, 9.17) is 9.47 Å². The van der Waals surface area contributed by atoms with Crippen molar-refractivity contribution in [3.63, 3.8) is 0 Å². The summed E-state index contributed by atoms with van der Waals surface area (Å²) in [5.41, 5.74) is 1.58. The number of amides is 1. The smallest absolute Gasteiger partial charge is 0.261 e. The van der Waals surface area contributed by atoms with Crippen molar-refractivity contribution in [2.45, 2.75) is 10.1 Å². The van der Waals surface area contributed by atoms with Crippen LogP contribution < -0.4 is 14.8 Å². The number of hydrogen-bond donors (Lipinski definition) is 1. The second kappa shape index (κ2) is 8.68. The fraction of sp³-hybridized carbons (Fsp3) is 0.167. The number of para-hydroxylation sites is 1. The Hall–Kier alpha value is -2.58. The number of methoxy groups -OCH3 is 2. The Morgan fingerprint density at radius 1 is 1.12 bits per heavy atom. The standard InChI is InChI=1S/C18H17N3O3S2/c1-23-13-7-5-6-12(10-13)11-25-18-21-20-17(26-18)19-16(22)14-8-3-4-9-15(14)24-2/h3-10H,11H2,1-2H3,(H,19,20,22). The molecule has 0 aliphatic rings. The van der Waals surface area contributed by atoms with Gasteiger partial charge in [0.1, 0.15) is 11.5 Å². The third kappa shape index (κ3) is 4.53. The van der Waals surface area contributed by atoms with E-state index in [1.807, 2.05) is 30.3 Å². The van der Waals surface area contributed by atoms with Crippen molar-refractivity contribution in [1.29, 1.82) is 0 Å².